The highest BCUT2D eigenvalue weighted by atomic mass is 32.2. The SMILES string of the molecule is COc1ccc(S(=O)(=O)Nc2ccc(NCc3ccccc3)cc2)cc1. The molecule has 0 saturated heterocycles. The highest BCUT2D eigenvalue weighted by Crippen LogP contribution is 2.20. The molecule has 3 rings (SSSR count). The van der Waals surface area contributed by atoms with Crippen LogP contribution in [0.5, 0.6) is 5.75 Å². The quantitative estimate of drug-likeness (QED) is 0.659. The van der Waals surface area contributed by atoms with Gasteiger partial charge in [0.25, 0.3) is 10.0 Å². The summed E-state index contributed by atoms with van der Waals surface area (Å²) in [4.78, 5) is 0.185. The monoisotopic (exact) mass is 368 g/mol. The fraction of sp³-hybridized carbons (Fsp3) is 0.100. The van der Waals surface area contributed by atoms with Crippen LogP contribution in [0.25, 0.3) is 0 Å². The number of anilines is 2. The molecule has 0 aliphatic heterocycles. The predicted molar refractivity (Wildman–Crippen MR) is 104 cm³/mol. The second-order valence-corrected chi connectivity index (χ2v) is 7.38. The first-order chi connectivity index (χ1) is 12.6. The van der Waals surface area contributed by atoms with Crippen molar-refractivity contribution in [3.63, 3.8) is 0 Å². The lowest BCUT2D eigenvalue weighted by atomic mass is 10.2. The van der Waals surface area contributed by atoms with Crippen LogP contribution < -0.4 is 14.8 Å². The standard InChI is InChI=1S/C20H20N2O3S/c1-25-19-11-13-20(14-12-19)26(23,24)22-18-9-7-17(8-10-18)21-15-16-5-3-2-4-6-16/h2-14,21-22H,15H2,1H3. The summed E-state index contributed by atoms with van der Waals surface area (Å²) >= 11 is 0. The van der Waals surface area contributed by atoms with E-state index in [9.17, 15) is 8.42 Å². The van der Waals surface area contributed by atoms with Crippen molar-refractivity contribution < 1.29 is 13.2 Å². The van der Waals surface area contributed by atoms with Crippen LogP contribution in [0, 0.1) is 0 Å². The second kappa shape index (κ2) is 7.93. The van der Waals surface area contributed by atoms with Gasteiger partial charge in [0, 0.05) is 17.9 Å². The first-order valence-electron chi connectivity index (χ1n) is 8.11. The van der Waals surface area contributed by atoms with Gasteiger partial charge in [0.05, 0.1) is 12.0 Å². The molecule has 0 heterocycles. The smallest absolute Gasteiger partial charge is 0.261 e. The Hall–Kier alpha value is -2.99. The Morgan fingerprint density at radius 1 is 0.808 bits per heavy atom. The topological polar surface area (TPSA) is 67.4 Å². The molecule has 0 radical (unpaired) electrons. The molecule has 2 N–H and O–H groups in total. The van der Waals surface area contributed by atoms with Crippen molar-refractivity contribution in [2.45, 2.75) is 11.4 Å². The van der Waals surface area contributed by atoms with E-state index in [0.29, 0.717) is 18.0 Å². The Balaban J connectivity index is 1.64. The van der Waals surface area contributed by atoms with Crippen LogP contribution in [0.4, 0.5) is 11.4 Å². The van der Waals surface area contributed by atoms with Crippen molar-refractivity contribution in [1.82, 2.24) is 0 Å². The maximum absolute atomic E-state index is 12.4. The Morgan fingerprint density at radius 3 is 2.04 bits per heavy atom. The minimum Gasteiger partial charge on any atom is -0.497 e. The molecule has 3 aromatic rings. The van der Waals surface area contributed by atoms with Crippen LogP contribution in [0.2, 0.25) is 0 Å². The van der Waals surface area contributed by atoms with E-state index in [2.05, 4.69) is 10.0 Å². The highest BCUT2D eigenvalue weighted by molar-refractivity contribution is 7.92. The molecule has 0 aromatic heterocycles. The minimum atomic E-state index is -3.63. The van der Waals surface area contributed by atoms with Gasteiger partial charge in [0.15, 0.2) is 0 Å². The van der Waals surface area contributed by atoms with Crippen molar-refractivity contribution in [2.75, 3.05) is 17.1 Å². The molecule has 0 unspecified atom stereocenters. The third kappa shape index (κ3) is 4.55. The summed E-state index contributed by atoms with van der Waals surface area (Å²) in [5, 5.41) is 3.30. The molecule has 5 nitrogen and oxygen atoms in total. The summed E-state index contributed by atoms with van der Waals surface area (Å²) in [5.74, 6) is 0.609. The number of ether oxygens (including phenoxy) is 1. The van der Waals surface area contributed by atoms with Crippen molar-refractivity contribution in [3.05, 3.63) is 84.4 Å². The first-order valence-corrected chi connectivity index (χ1v) is 9.60. The summed E-state index contributed by atoms with van der Waals surface area (Å²) in [6, 6.07) is 23.5. The number of nitrogens with one attached hydrogen (secondary N) is 2. The van der Waals surface area contributed by atoms with Gasteiger partial charge in [0.2, 0.25) is 0 Å². The average molecular weight is 368 g/mol. The number of benzene rings is 3. The summed E-state index contributed by atoms with van der Waals surface area (Å²) in [6.07, 6.45) is 0. The molecule has 0 aliphatic carbocycles. The van der Waals surface area contributed by atoms with Crippen LogP contribution in [0.1, 0.15) is 5.56 Å². The zero-order chi connectivity index (χ0) is 18.4. The summed E-state index contributed by atoms with van der Waals surface area (Å²) in [6.45, 7) is 0.706. The average Bonchev–Trinajstić information content (AvgIpc) is 2.68. The van der Waals surface area contributed by atoms with E-state index in [-0.39, 0.29) is 4.90 Å². The highest BCUT2D eigenvalue weighted by Gasteiger charge is 2.14. The van der Waals surface area contributed by atoms with E-state index in [1.807, 2.05) is 42.5 Å². The molecule has 6 heteroatoms. The Kier molecular flexibility index (Phi) is 5.43. The van der Waals surface area contributed by atoms with E-state index < -0.39 is 10.0 Å². The molecular formula is C20H20N2O3S. The fourth-order valence-corrected chi connectivity index (χ4v) is 3.48. The minimum absolute atomic E-state index is 0.185. The van der Waals surface area contributed by atoms with Gasteiger partial charge < -0.3 is 10.1 Å². The van der Waals surface area contributed by atoms with Crippen LogP contribution in [-0.2, 0) is 16.6 Å². The molecule has 3 aromatic carbocycles. The van der Waals surface area contributed by atoms with E-state index >= 15 is 0 Å². The van der Waals surface area contributed by atoms with Crippen LogP contribution in [0.15, 0.2) is 83.8 Å². The van der Waals surface area contributed by atoms with Gasteiger partial charge in [-0.15, -0.1) is 0 Å². The molecule has 0 spiro atoms. The van der Waals surface area contributed by atoms with E-state index in [1.165, 1.54) is 24.8 Å². The first kappa shape index (κ1) is 17.8. The molecule has 0 bridgehead atoms. The van der Waals surface area contributed by atoms with Gasteiger partial charge in [-0.25, -0.2) is 8.42 Å². The third-order valence-electron chi connectivity index (χ3n) is 3.85. The Labute approximate surface area is 153 Å². The largest absolute Gasteiger partial charge is 0.497 e. The molecular weight excluding hydrogens is 348 g/mol. The number of hydrogen-bond acceptors (Lipinski definition) is 4. The van der Waals surface area contributed by atoms with Crippen LogP contribution >= 0.6 is 0 Å². The molecule has 0 fully saturated rings. The van der Waals surface area contributed by atoms with Crippen molar-refractivity contribution in [2.24, 2.45) is 0 Å². The van der Waals surface area contributed by atoms with Crippen LogP contribution in [-0.4, -0.2) is 15.5 Å². The lowest BCUT2D eigenvalue weighted by Gasteiger charge is -2.10. The van der Waals surface area contributed by atoms with Gasteiger partial charge in [-0.1, -0.05) is 30.3 Å². The van der Waals surface area contributed by atoms with Crippen molar-refractivity contribution in [1.29, 1.82) is 0 Å². The molecule has 0 amide bonds. The molecule has 0 saturated carbocycles. The van der Waals surface area contributed by atoms with Crippen molar-refractivity contribution >= 4 is 21.4 Å². The Bertz CT molecular complexity index is 939. The molecule has 0 aliphatic rings. The van der Waals surface area contributed by atoms with Crippen molar-refractivity contribution in [3.8, 4) is 5.75 Å². The lowest BCUT2D eigenvalue weighted by molar-refractivity contribution is 0.414. The zero-order valence-electron chi connectivity index (χ0n) is 14.3. The lowest BCUT2D eigenvalue weighted by Crippen LogP contribution is -2.12. The van der Waals surface area contributed by atoms with Gasteiger partial charge in [-0.2, -0.15) is 0 Å². The summed E-state index contributed by atoms with van der Waals surface area (Å²) < 4.78 is 32.5. The number of sulfonamides is 1. The third-order valence-corrected chi connectivity index (χ3v) is 5.24. The second-order valence-electron chi connectivity index (χ2n) is 5.70. The predicted octanol–water partition coefficient (Wildman–Crippen LogP) is 4.11. The Morgan fingerprint density at radius 2 is 1.42 bits per heavy atom. The number of rotatable bonds is 7. The van der Waals surface area contributed by atoms with E-state index in [1.54, 1.807) is 24.3 Å². The summed E-state index contributed by atoms with van der Waals surface area (Å²) in [7, 11) is -2.10. The van der Waals surface area contributed by atoms with Gasteiger partial charge >= 0.3 is 0 Å². The molecule has 26 heavy (non-hydrogen) atoms. The fourth-order valence-electron chi connectivity index (χ4n) is 2.43. The summed E-state index contributed by atoms with van der Waals surface area (Å²) in [5.41, 5.74) is 2.60. The number of methoxy groups -OCH3 is 1. The molecule has 134 valence electrons. The van der Waals surface area contributed by atoms with E-state index in [0.717, 1.165) is 5.69 Å². The molecule has 0 atom stereocenters. The van der Waals surface area contributed by atoms with Gasteiger partial charge in [0.1, 0.15) is 5.75 Å². The zero-order valence-corrected chi connectivity index (χ0v) is 15.2. The normalized spacial score (nSPS) is 11.0. The maximum atomic E-state index is 12.4. The van der Waals surface area contributed by atoms with Gasteiger partial charge in [-0.05, 0) is 54.1 Å². The maximum Gasteiger partial charge on any atom is 0.261 e. The number of hydrogen-bond donors (Lipinski definition) is 2. The van der Waals surface area contributed by atoms with E-state index in [4.69, 9.17) is 4.74 Å². The van der Waals surface area contributed by atoms with Gasteiger partial charge in [-0.3, -0.25) is 4.72 Å². The van der Waals surface area contributed by atoms with Crippen LogP contribution in [0.3, 0.4) is 0 Å².